The van der Waals surface area contributed by atoms with Crippen molar-refractivity contribution in [3.63, 3.8) is 0 Å². The summed E-state index contributed by atoms with van der Waals surface area (Å²) in [5.74, 6) is 0.973. The van der Waals surface area contributed by atoms with Crippen LogP contribution in [0.15, 0.2) is 12.3 Å². The number of hydrogen-bond donors (Lipinski definition) is 1. The van der Waals surface area contributed by atoms with Crippen LogP contribution in [0.3, 0.4) is 0 Å². The van der Waals surface area contributed by atoms with Crippen LogP contribution < -0.4 is 5.32 Å². The van der Waals surface area contributed by atoms with E-state index in [-0.39, 0.29) is 10.8 Å². The van der Waals surface area contributed by atoms with Gasteiger partial charge in [0.05, 0.1) is 0 Å². The van der Waals surface area contributed by atoms with E-state index in [1.165, 1.54) is 5.69 Å². The Labute approximate surface area is 141 Å². The molecule has 1 aliphatic heterocycles. The first-order chi connectivity index (χ1) is 10.8. The quantitative estimate of drug-likeness (QED) is 0.910. The van der Waals surface area contributed by atoms with E-state index >= 15 is 0 Å². The molecule has 0 bridgehead atoms. The second kappa shape index (κ2) is 7.47. The van der Waals surface area contributed by atoms with Gasteiger partial charge < -0.3 is 10.2 Å². The van der Waals surface area contributed by atoms with Gasteiger partial charge in [0, 0.05) is 65.8 Å². The molecule has 2 rings (SSSR count). The molecule has 0 saturated carbocycles. The summed E-state index contributed by atoms with van der Waals surface area (Å²) in [4.78, 5) is 14.0. The van der Waals surface area contributed by atoms with E-state index < -0.39 is 10.8 Å². The third-order valence-electron chi connectivity index (χ3n) is 4.31. The summed E-state index contributed by atoms with van der Waals surface area (Å²) in [5.41, 5.74) is 1.24. The SMILES string of the molecule is Cn1nccc1C1CCN(C(=O)NCCS(=O)C(C)(C)C)CC1. The maximum absolute atomic E-state index is 12.2. The van der Waals surface area contributed by atoms with Gasteiger partial charge in [0.1, 0.15) is 0 Å². The summed E-state index contributed by atoms with van der Waals surface area (Å²) in [6, 6.07) is 2.02. The van der Waals surface area contributed by atoms with E-state index in [1.807, 2.05) is 43.6 Å². The van der Waals surface area contributed by atoms with E-state index in [4.69, 9.17) is 0 Å². The van der Waals surface area contributed by atoms with Gasteiger partial charge in [0.25, 0.3) is 0 Å². The highest BCUT2D eigenvalue weighted by Crippen LogP contribution is 2.27. The molecule has 2 amide bonds. The Balaban J connectivity index is 1.74. The van der Waals surface area contributed by atoms with Gasteiger partial charge in [-0.15, -0.1) is 0 Å². The summed E-state index contributed by atoms with van der Waals surface area (Å²) >= 11 is 0. The van der Waals surface area contributed by atoms with Crippen molar-refractivity contribution in [3.05, 3.63) is 18.0 Å². The van der Waals surface area contributed by atoms with Crippen LogP contribution in [-0.4, -0.2) is 55.1 Å². The standard InChI is InChI=1S/C16H28N4O2S/c1-16(2,3)23(22)12-9-17-15(21)20-10-6-13(7-11-20)14-5-8-18-19(14)4/h5,8,13H,6-7,9-12H2,1-4H3,(H,17,21). The number of likely N-dealkylation sites (tertiary alicyclic amines) is 1. The molecule has 0 spiro atoms. The zero-order valence-corrected chi connectivity index (χ0v) is 15.4. The molecule has 6 nitrogen and oxygen atoms in total. The third-order valence-corrected chi connectivity index (χ3v) is 6.25. The molecular formula is C16H28N4O2S. The van der Waals surface area contributed by atoms with Crippen molar-refractivity contribution < 1.29 is 9.00 Å². The van der Waals surface area contributed by atoms with E-state index in [9.17, 15) is 9.00 Å². The molecule has 1 saturated heterocycles. The van der Waals surface area contributed by atoms with Crippen LogP contribution in [0, 0.1) is 0 Å². The number of hydrogen-bond acceptors (Lipinski definition) is 3. The molecule has 1 fully saturated rings. The zero-order chi connectivity index (χ0) is 17.0. The van der Waals surface area contributed by atoms with E-state index in [0.29, 0.717) is 18.2 Å². The number of carbonyl (C=O) groups excluding carboxylic acids is 1. The first-order valence-corrected chi connectivity index (χ1v) is 9.50. The van der Waals surface area contributed by atoms with Crippen molar-refractivity contribution in [2.45, 2.75) is 44.3 Å². The molecule has 1 atom stereocenters. The summed E-state index contributed by atoms with van der Waals surface area (Å²) in [7, 11) is 1.03. The Kier molecular flexibility index (Phi) is 5.84. The van der Waals surface area contributed by atoms with Crippen LogP contribution in [-0.2, 0) is 17.8 Å². The second-order valence-electron chi connectivity index (χ2n) is 7.03. The number of aromatic nitrogens is 2. The van der Waals surface area contributed by atoms with Crippen LogP contribution in [0.25, 0.3) is 0 Å². The number of piperidine rings is 1. The highest BCUT2D eigenvalue weighted by Gasteiger charge is 2.25. The maximum Gasteiger partial charge on any atom is 0.317 e. The fourth-order valence-electron chi connectivity index (χ4n) is 2.83. The lowest BCUT2D eigenvalue weighted by atomic mass is 9.93. The molecule has 0 aromatic carbocycles. The van der Waals surface area contributed by atoms with Crippen molar-refractivity contribution in [1.29, 1.82) is 0 Å². The van der Waals surface area contributed by atoms with Crippen LogP contribution in [0.2, 0.25) is 0 Å². The van der Waals surface area contributed by atoms with E-state index in [0.717, 1.165) is 25.9 Å². The second-order valence-corrected chi connectivity index (χ2v) is 9.36. The summed E-state index contributed by atoms with van der Waals surface area (Å²) in [6.07, 6.45) is 3.74. The average molecular weight is 340 g/mol. The van der Waals surface area contributed by atoms with E-state index in [2.05, 4.69) is 16.5 Å². The predicted octanol–water partition coefficient (Wildman–Crippen LogP) is 1.86. The van der Waals surface area contributed by atoms with Crippen LogP contribution in [0.4, 0.5) is 4.79 Å². The van der Waals surface area contributed by atoms with Crippen molar-refractivity contribution in [1.82, 2.24) is 20.0 Å². The molecule has 0 aliphatic carbocycles. The van der Waals surface area contributed by atoms with Gasteiger partial charge in [-0.25, -0.2) is 4.79 Å². The Bertz CT molecular complexity index is 557. The Morgan fingerprint density at radius 3 is 2.57 bits per heavy atom. The molecule has 0 radical (unpaired) electrons. The molecule has 1 N–H and O–H groups in total. The zero-order valence-electron chi connectivity index (χ0n) is 14.5. The summed E-state index contributed by atoms with van der Waals surface area (Å²) < 4.78 is 13.7. The fraction of sp³-hybridized carbons (Fsp3) is 0.750. The fourth-order valence-corrected chi connectivity index (χ4v) is 3.73. The minimum absolute atomic E-state index is 0.0423. The van der Waals surface area contributed by atoms with Gasteiger partial charge in [0.2, 0.25) is 0 Å². The molecule has 1 aliphatic rings. The van der Waals surface area contributed by atoms with Crippen LogP contribution >= 0.6 is 0 Å². The molecule has 1 aromatic heterocycles. The smallest absolute Gasteiger partial charge is 0.317 e. The molecule has 1 unspecified atom stereocenters. The maximum atomic E-state index is 12.2. The van der Waals surface area contributed by atoms with Crippen molar-refractivity contribution in [3.8, 4) is 0 Å². The molecule has 1 aromatic rings. The molecular weight excluding hydrogens is 312 g/mol. The van der Waals surface area contributed by atoms with Crippen molar-refractivity contribution in [2.75, 3.05) is 25.4 Å². The highest BCUT2D eigenvalue weighted by molar-refractivity contribution is 7.86. The molecule has 130 valence electrons. The summed E-state index contributed by atoms with van der Waals surface area (Å²) in [6.45, 7) is 7.83. The number of nitrogens with zero attached hydrogens (tertiary/aromatic N) is 3. The summed E-state index contributed by atoms with van der Waals surface area (Å²) in [5, 5.41) is 7.11. The topological polar surface area (TPSA) is 67.2 Å². The number of aryl methyl sites for hydroxylation is 1. The molecule has 23 heavy (non-hydrogen) atoms. The van der Waals surface area contributed by atoms with Gasteiger partial charge in [-0.05, 0) is 39.7 Å². The highest BCUT2D eigenvalue weighted by atomic mass is 32.2. The normalized spacial score (nSPS) is 18.0. The van der Waals surface area contributed by atoms with Crippen molar-refractivity contribution >= 4 is 16.8 Å². The first kappa shape index (κ1) is 18.0. The largest absolute Gasteiger partial charge is 0.337 e. The van der Waals surface area contributed by atoms with Gasteiger partial charge in [-0.1, -0.05) is 0 Å². The van der Waals surface area contributed by atoms with Gasteiger partial charge in [-0.3, -0.25) is 8.89 Å². The average Bonchev–Trinajstić information content (AvgIpc) is 2.92. The molecule has 2 heterocycles. The monoisotopic (exact) mass is 340 g/mol. The van der Waals surface area contributed by atoms with Crippen LogP contribution in [0.5, 0.6) is 0 Å². The van der Waals surface area contributed by atoms with Gasteiger partial charge >= 0.3 is 6.03 Å². The number of amides is 2. The Morgan fingerprint density at radius 2 is 2.04 bits per heavy atom. The number of urea groups is 1. The Hall–Kier alpha value is -1.37. The van der Waals surface area contributed by atoms with Gasteiger partial charge in [-0.2, -0.15) is 5.10 Å². The van der Waals surface area contributed by atoms with E-state index in [1.54, 1.807) is 0 Å². The molecule has 7 heteroatoms. The first-order valence-electron chi connectivity index (χ1n) is 8.18. The lowest BCUT2D eigenvalue weighted by Crippen LogP contribution is -2.45. The number of nitrogens with one attached hydrogen (secondary N) is 1. The minimum Gasteiger partial charge on any atom is -0.337 e. The van der Waals surface area contributed by atoms with Crippen molar-refractivity contribution in [2.24, 2.45) is 7.05 Å². The lowest BCUT2D eigenvalue weighted by molar-refractivity contribution is 0.181. The number of rotatable bonds is 4. The number of carbonyl (C=O) groups is 1. The Morgan fingerprint density at radius 1 is 1.39 bits per heavy atom. The third kappa shape index (κ3) is 4.80. The minimum atomic E-state index is -0.930. The predicted molar refractivity (Wildman–Crippen MR) is 92.9 cm³/mol. The van der Waals surface area contributed by atoms with Crippen LogP contribution in [0.1, 0.15) is 45.2 Å². The van der Waals surface area contributed by atoms with Gasteiger partial charge in [0.15, 0.2) is 0 Å². The lowest BCUT2D eigenvalue weighted by Gasteiger charge is -2.32.